The summed E-state index contributed by atoms with van der Waals surface area (Å²) in [5.41, 5.74) is 1.38. The number of rotatable bonds is 3. The van der Waals surface area contributed by atoms with Crippen LogP contribution < -0.4 is 0 Å². The van der Waals surface area contributed by atoms with Gasteiger partial charge in [0.15, 0.2) is 0 Å². The third-order valence-corrected chi connectivity index (χ3v) is 3.95. The molecule has 0 saturated carbocycles. The summed E-state index contributed by atoms with van der Waals surface area (Å²) in [6.07, 6.45) is 0.982. The first-order valence-electron chi connectivity index (χ1n) is 5.32. The van der Waals surface area contributed by atoms with Gasteiger partial charge in [-0.1, -0.05) is 30.3 Å². The first-order valence-corrected chi connectivity index (χ1v) is 5.32. The Labute approximate surface area is 90.9 Å². The molecule has 15 heavy (non-hydrogen) atoms. The number of carbonyl (C=O) groups excluding carboxylic acids is 1. The highest BCUT2D eigenvalue weighted by atomic mass is 16.1. The lowest BCUT2D eigenvalue weighted by Crippen LogP contribution is -2.14. The summed E-state index contributed by atoms with van der Waals surface area (Å²) in [5.74, 6) is 0. The molecule has 1 heterocycles. The van der Waals surface area contributed by atoms with E-state index in [4.69, 9.17) is 0 Å². The summed E-state index contributed by atoms with van der Waals surface area (Å²) in [4.78, 5) is 12.8. The Kier molecular flexibility index (Phi) is 2.19. The van der Waals surface area contributed by atoms with Crippen molar-refractivity contribution in [3.05, 3.63) is 35.9 Å². The van der Waals surface area contributed by atoms with Gasteiger partial charge in [0.1, 0.15) is 6.29 Å². The van der Waals surface area contributed by atoms with Crippen molar-refractivity contribution in [2.45, 2.75) is 31.8 Å². The smallest absolute Gasteiger partial charge is 0.134 e. The van der Waals surface area contributed by atoms with E-state index < -0.39 is 0 Å². The summed E-state index contributed by atoms with van der Waals surface area (Å²) < 4.78 is 0. The largest absolute Gasteiger partial charge is 0.302 e. The summed E-state index contributed by atoms with van der Waals surface area (Å²) >= 11 is 0. The molecule has 1 aliphatic heterocycles. The molecule has 1 aliphatic rings. The van der Waals surface area contributed by atoms with Gasteiger partial charge in [0, 0.05) is 5.54 Å². The van der Waals surface area contributed by atoms with Crippen molar-refractivity contribution < 1.29 is 4.79 Å². The predicted molar refractivity (Wildman–Crippen MR) is 60.6 cm³/mol. The monoisotopic (exact) mass is 203 g/mol. The molecule has 0 bridgehead atoms. The molecule has 1 saturated heterocycles. The Balaban J connectivity index is 2.34. The average Bonchev–Trinajstić information content (AvgIpc) is 2.67. The van der Waals surface area contributed by atoms with E-state index in [1.54, 1.807) is 0 Å². The molecule has 0 amide bonds. The van der Waals surface area contributed by atoms with Gasteiger partial charge in [0.2, 0.25) is 0 Å². The molecule has 0 radical (unpaired) electrons. The first-order chi connectivity index (χ1) is 7.05. The predicted octanol–water partition coefficient (Wildman–Crippen LogP) is 2.19. The number of carbonyl (C=O) groups is 1. The zero-order valence-corrected chi connectivity index (χ0v) is 9.53. The Morgan fingerprint density at radius 2 is 1.80 bits per heavy atom. The van der Waals surface area contributed by atoms with Gasteiger partial charge in [0.05, 0.1) is 12.1 Å². The molecule has 0 aromatic heterocycles. The average molecular weight is 203 g/mol. The second-order valence-corrected chi connectivity index (χ2v) is 4.77. The fourth-order valence-electron chi connectivity index (χ4n) is 2.60. The third kappa shape index (κ3) is 1.25. The van der Waals surface area contributed by atoms with Gasteiger partial charge in [-0.3, -0.25) is 4.90 Å². The normalized spacial score (nSPS) is 32.3. The number of hydrogen-bond acceptors (Lipinski definition) is 2. The lowest BCUT2D eigenvalue weighted by molar-refractivity contribution is -0.108. The number of nitrogens with zero attached hydrogens (tertiary/aromatic N) is 1. The van der Waals surface area contributed by atoms with Crippen molar-refractivity contribution in [3.8, 4) is 0 Å². The minimum absolute atomic E-state index is 0.00910. The van der Waals surface area contributed by atoms with Gasteiger partial charge in [-0.2, -0.15) is 0 Å². The molecule has 1 aromatic carbocycles. The molecule has 0 spiro atoms. The highest BCUT2D eigenvalue weighted by molar-refractivity contribution is 5.55. The topological polar surface area (TPSA) is 20.1 Å². The van der Waals surface area contributed by atoms with E-state index in [1.165, 1.54) is 5.56 Å². The third-order valence-electron chi connectivity index (χ3n) is 3.95. The summed E-state index contributed by atoms with van der Waals surface area (Å²) in [6, 6.07) is 10.4. The van der Waals surface area contributed by atoms with Crippen molar-refractivity contribution in [3.63, 3.8) is 0 Å². The fraction of sp³-hybridized carbons (Fsp3) is 0.462. The fourth-order valence-corrected chi connectivity index (χ4v) is 2.60. The highest BCUT2D eigenvalue weighted by Gasteiger charge is 2.66. The standard InChI is InChI=1S/C13H17NO/c1-12(2)13(3,14(12)9-10-15)11-7-5-4-6-8-11/h4-8,10H,9H2,1-3H3. The molecular weight excluding hydrogens is 186 g/mol. The van der Waals surface area contributed by atoms with Gasteiger partial charge in [-0.05, 0) is 26.3 Å². The number of hydrogen-bond donors (Lipinski definition) is 0. The second kappa shape index (κ2) is 3.17. The van der Waals surface area contributed by atoms with E-state index in [-0.39, 0.29) is 11.1 Å². The van der Waals surface area contributed by atoms with Crippen LogP contribution in [0.25, 0.3) is 0 Å². The molecule has 2 heteroatoms. The van der Waals surface area contributed by atoms with Crippen molar-refractivity contribution in [1.82, 2.24) is 4.90 Å². The molecule has 1 aromatic rings. The second-order valence-electron chi connectivity index (χ2n) is 4.77. The Morgan fingerprint density at radius 1 is 1.20 bits per heavy atom. The van der Waals surface area contributed by atoms with E-state index >= 15 is 0 Å². The molecule has 2 nitrogen and oxygen atoms in total. The van der Waals surface area contributed by atoms with Crippen molar-refractivity contribution >= 4 is 6.29 Å². The van der Waals surface area contributed by atoms with Gasteiger partial charge >= 0.3 is 0 Å². The van der Waals surface area contributed by atoms with Gasteiger partial charge in [-0.15, -0.1) is 0 Å². The SMILES string of the molecule is CC1(C)N(CC=O)C1(C)c1ccccc1. The van der Waals surface area contributed by atoms with Crippen molar-refractivity contribution in [2.24, 2.45) is 0 Å². The van der Waals surface area contributed by atoms with Crippen LogP contribution in [-0.2, 0) is 10.3 Å². The van der Waals surface area contributed by atoms with Crippen LogP contribution in [0.15, 0.2) is 30.3 Å². The zero-order chi connectivity index (χ0) is 11.1. The lowest BCUT2D eigenvalue weighted by Gasteiger charge is -2.12. The van der Waals surface area contributed by atoms with E-state index in [9.17, 15) is 4.79 Å². The molecule has 2 atom stereocenters. The van der Waals surface area contributed by atoms with Gasteiger partial charge in [0.25, 0.3) is 0 Å². The maximum atomic E-state index is 10.6. The number of benzene rings is 1. The van der Waals surface area contributed by atoms with Crippen LogP contribution in [0.4, 0.5) is 0 Å². The summed E-state index contributed by atoms with van der Waals surface area (Å²) in [7, 11) is 0. The van der Waals surface area contributed by atoms with Crippen molar-refractivity contribution in [2.75, 3.05) is 6.54 Å². The summed E-state index contributed by atoms with van der Waals surface area (Å²) in [5, 5.41) is 0. The van der Waals surface area contributed by atoms with E-state index in [2.05, 4.69) is 37.8 Å². The van der Waals surface area contributed by atoms with E-state index in [0.717, 1.165) is 6.29 Å². The summed E-state index contributed by atoms with van der Waals surface area (Å²) in [6.45, 7) is 7.08. The van der Waals surface area contributed by atoms with Crippen LogP contribution in [0.3, 0.4) is 0 Å². The Bertz CT molecular complexity index is 371. The highest BCUT2D eigenvalue weighted by Crippen LogP contribution is 2.57. The first kappa shape index (κ1) is 10.4. The molecule has 0 aliphatic carbocycles. The zero-order valence-electron chi connectivity index (χ0n) is 9.53. The minimum atomic E-state index is 0.00910. The van der Waals surface area contributed by atoms with Crippen LogP contribution in [0.5, 0.6) is 0 Å². The van der Waals surface area contributed by atoms with Gasteiger partial charge in [-0.25, -0.2) is 0 Å². The van der Waals surface area contributed by atoms with E-state index in [0.29, 0.717) is 6.54 Å². The molecule has 2 rings (SSSR count). The van der Waals surface area contributed by atoms with Crippen LogP contribution in [-0.4, -0.2) is 23.3 Å². The van der Waals surface area contributed by atoms with Crippen LogP contribution in [0.1, 0.15) is 26.3 Å². The molecule has 0 N–H and O–H groups in total. The van der Waals surface area contributed by atoms with Crippen molar-refractivity contribution in [1.29, 1.82) is 0 Å². The van der Waals surface area contributed by atoms with Crippen LogP contribution in [0, 0.1) is 0 Å². The quantitative estimate of drug-likeness (QED) is 0.554. The molecule has 1 fully saturated rings. The Morgan fingerprint density at radius 3 is 2.33 bits per heavy atom. The maximum absolute atomic E-state index is 10.6. The number of aldehydes is 1. The molecule has 80 valence electrons. The lowest BCUT2D eigenvalue weighted by atomic mass is 9.90. The van der Waals surface area contributed by atoms with Gasteiger partial charge < -0.3 is 4.79 Å². The van der Waals surface area contributed by atoms with Crippen LogP contribution in [0.2, 0.25) is 0 Å². The molecule has 2 unspecified atom stereocenters. The maximum Gasteiger partial charge on any atom is 0.134 e. The van der Waals surface area contributed by atoms with E-state index in [1.807, 2.05) is 18.2 Å². The van der Waals surface area contributed by atoms with Crippen LogP contribution >= 0.6 is 0 Å². The molecular formula is C13H17NO. The minimum Gasteiger partial charge on any atom is -0.302 e. The Hall–Kier alpha value is -1.15.